The van der Waals surface area contributed by atoms with Crippen molar-refractivity contribution in [2.24, 2.45) is 0 Å². The molecule has 0 bridgehead atoms. The Labute approximate surface area is 179 Å². The molecule has 0 spiro atoms. The van der Waals surface area contributed by atoms with Gasteiger partial charge in [-0.1, -0.05) is 30.3 Å². The van der Waals surface area contributed by atoms with Gasteiger partial charge in [-0.3, -0.25) is 9.59 Å². The van der Waals surface area contributed by atoms with E-state index in [0.717, 1.165) is 56.6 Å². The first-order valence-corrected chi connectivity index (χ1v) is 11.1. The Morgan fingerprint density at radius 1 is 0.867 bits per heavy atom. The van der Waals surface area contributed by atoms with Crippen LogP contribution in [0, 0.1) is 0 Å². The average molecular weight is 406 g/mol. The van der Waals surface area contributed by atoms with Crippen LogP contribution >= 0.6 is 0 Å². The molecule has 30 heavy (non-hydrogen) atoms. The molecule has 0 radical (unpaired) electrons. The first kappa shape index (κ1) is 20.5. The molecule has 2 amide bonds. The molecule has 2 aromatic carbocycles. The number of hydrogen-bond acceptors (Lipinski definition) is 3. The standard InChI is InChI=1S/C25H31N3O2/c1-19-9-7-8-16-28(19)25(30)22-12-5-6-13-23(22)27-17-14-21(15-18-27)26-24(29)20-10-3-2-4-11-20/h2-6,10-13,19,21H,7-9,14-18H2,1H3,(H,26,29)/t19-/m0/s1. The first-order valence-electron chi connectivity index (χ1n) is 11.1. The van der Waals surface area contributed by atoms with Gasteiger partial charge in [0.15, 0.2) is 0 Å². The van der Waals surface area contributed by atoms with Crippen molar-refractivity contribution in [1.82, 2.24) is 10.2 Å². The third kappa shape index (κ3) is 4.50. The normalized spacial score (nSPS) is 20.1. The fraction of sp³-hybridized carbons (Fsp3) is 0.440. The van der Waals surface area contributed by atoms with Gasteiger partial charge in [0.05, 0.1) is 5.56 Å². The topological polar surface area (TPSA) is 52.7 Å². The van der Waals surface area contributed by atoms with Crippen LogP contribution in [0.3, 0.4) is 0 Å². The molecule has 5 nitrogen and oxygen atoms in total. The van der Waals surface area contributed by atoms with Crippen LogP contribution in [0.25, 0.3) is 0 Å². The zero-order valence-electron chi connectivity index (χ0n) is 17.7. The van der Waals surface area contributed by atoms with E-state index in [-0.39, 0.29) is 17.9 Å². The smallest absolute Gasteiger partial charge is 0.256 e. The molecule has 0 aliphatic carbocycles. The summed E-state index contributed by atoms with van der Waals surface area (Å²) in [4.78, 5) is 30.1. The third-order valence-electron chi connectivity index (χ3n) is 6.41. The average Bonchev–Trinajstić information content (AvgIpc) is 2.80. The van der Waals surface area contributed by atoms with Gasteiger partial charge in [-0.2, -0.15) is 0 Å². The van der Waals surface area contributed by atoms with E-state index in [0.29, 0.717) is 11.6 Å². The van der Waals surface area contributed by atoms with Crippen molar-refractivity contribution in [3.63, 3.8) is 0 Å². The largest absolute Gasteiger partial charge is 0.371 e. The lowest BCUT2D eigenvalue weighted by Crippen LogP contribution is -2.46. The minimum atomic E-state index is -0.0104. The highest BCUT2D eigenvalue weighted by Crippen LogP contribution is 2.28. The molecular formula is C25H31N3O2. The summed E-state index contributed by atoms with van der Waals surface area (Å²) in [5.41, 5.74) is 2.53. The van der Waals surface area contributed by atoms with E-state index in [9.17, 15) is 9.59 Å². The van der Waals surface area contributed by atoms with Crippen molar-refractivity contribution in [2.75, 3.05) is 24.5 Å². The molecule has 0 aromatic heterocycles. The number of hydrogen-bond donors (Lipinski definition) is 1. The second-order valence-corrected chi connectivity index (χ2v) is 8.46. The number of likely N-dealkylation sites (tertiary alicyclic amines) is 1. The zero-order valence-corrected chi connectivity index (χ0v) is 17.7. The van der Waals surface area contributed by atoms with Crippen molar-refractivity contribution in [3.8, 4) is 0 Å². The van der Waals surface area contributed by atoms with Crippen molar-refractivity contribution in [2.45, 2.75) is 51.1 Å². The van der Waals surface area contributed by atoms with Crippen LogP contribution in [0.5, 0.6) is 0 Å². The fourth-order valence-corrected chi connectivity index (χ4v) is 4.61. The Balaban J connectivity index is 1.40. The number of benzene rings is 2. The number of nitrogens with zero attached hydrogens (tertiary/aromatic N) is 2. The van der Waals surface area contributed by atoms with Gasteiger partial charge in [-0.05, 0) is 63.3 Å². The van der Waals surface area contributed by atoms with Crippen LogP contribution in [0.15, 0.2) is 54.6 Å². The number of anilines is 1. The lowest BCUT2D eigenvalue weighted by atomic mass is 9.99. The molecule has 2 heterocycles. The van der Waals surface area contributed by atoms with Gasteiger partial charge in [0.1, 0.15) is 0 Å². The van der Waals surface area contributed by atoms with Crippen LogP contribution in [-0.4, -0.2) is 48.4 Å². The number of amides is 2. The molecular weight excluding hydrogens is 374 g/mol. The molecule has 5 heteroatoms. The Morgan fingerprint density at radius 3 is 2.30 bits per heavy atom. The quantitative estimate of drug-likeness (QED) is 0.833. The second kappa shape index (κ2) is 9.33. The van der Waals surface area contributed by atoms with Crippen LogP contribution in [-0.2, 0) is 0 Å². The van der Waals surface area contributed by atoms with Gasteiger partial charge < -0.3 is 15.1 Å². The van der Waals surface area contributed by atoms with Gasteiger partial charge in [0.2, 0.25) is 0 Å². The lowest BCUT2D eigenvalue weighted by molar-refractivity contribution is 0.0636. The van der Waals surface area contributed by atoms with Crippen LogP contribution in [0.1, 0.15) is 59.7 Å². The maximum atomic E-state index is 13.3. The summed E-state index contributed by atoms with van der Waals surface area (Å²) in [7, 11) is 0. The first-order chi connectivity index (χ1) is 14.6. The van der Waals surface area contributed by atoms with Gasteiger partial charge >= 0.3 is 0 Å². The van der Waals surface area contributed by atoms with Crippen LogP contribution < -0.4 is 10.2 Å². The minimum absolute atomic E-state index is 0.0104. The van der Waals surface area contributed by atoms with E-state index in [1.807, 2.05) is 53.4 Å². The molecule has 2 aliphatic rings. The van der Waals surface area contributed by atoms with Gasteiger partial charge in [0, 0.05) is 43.0 Å². The predicted octanol–water partition coefficient (Wildman–Crippen LogP) is 4.10. The SMILES string of the molecule is C[C@H]1CCCCN1C(=O)c1ccccc1N1CCC(NC(=O)c2ccccc2)CC1. The molecule has 0 unspecified atom stereocenters. The molecule has 2 aromatic rings. The van der Waals surface area contributed by atoms with E-state index < -0.39 is 0 Å². The highest BCUT2D eigenvalue weighted by atomic mass is 16.2. The summed E-state index contributed by atoms with van der Waals surface area (Å²) >= 11 is 0. The Morgan fingerprint density at radius 2 is 1.57 bits per heavy atom. The molecule has 2 fully saturated rings. The van der Waals surface area contributed by atoms with E-state index in [1.165, 1.54) is 6.42 Å². The molecule has 1 N–H and O–H groups in total. The molecule has 2 aliphatic heterocycles. The van der Waals surface area contributed by atoms with Crippen molar-refractivity contribution in [1.29, 1.82) is 0 Å². The maximum absolute atomic E-state index is 13.3. The van der Waals surface area contributed by atoms with Crippen molar-refractivity contribution < 1.29 is 9.59 Å². The Bertz CT molecular complexity index is 875. The molecule has 4 rings (SSSR count). The summed E-state index contributed by atoms with van der Waals surface area (Å²) < 4.78 is 0. The van der Waals surface area contributed by atoms with Gasteiger partial charge in [0.25, 0.3) is 11.8 Å². The number of carbonyl (C=O) groups excluding carboxylic acids is 2. The summed E-state index contributed by atoms with van der Waals surface area (Å²) in [5, 5.41) is 3.16. The van der Waals surface area contributed by atoms with E-state index in [2.05, 4.69) is 23.2 Å². The number of piperidine rings is 2. The predicted molar refractivity (Wildman–Crippen MR) is 120 cm³/mol. The lowest BCUT2D eigenvalue weighted by Gasteiger charge is -2.37. The van der Waals surface area contributed by atoms with E-state index in [4.69, 9.17) is 0 Å². The van der Waals surface area contributed by atoms with Crippen LogP contribution in [0.2, 0.25) is 0 Å². The zero-order chi connectivity index (χ0) is 20.9. The number of rotatable bonds is 4. The second-order valence-electron chi connectivity index (χ2n) is 8.46. The van der Waals surface area contributed by atoms with Crippen molar-refractivity contribution in [3.05, 3.63) is 65.7 Å². The van der Waals surface area contributed by atoms with Crippen molar-refractivity contribution >= 4 is 17.5 Å². The number of nitrogens with one attached hydrogen (secondary N) is 1. The fourth-order valence-electron chi connectivity index (χ4n) is 4.61. The number of carbonyl (C=O) groups is 2. The van der Waals surface area contributed by atoms with Crippen LogP contribution in [0.4, 0.5) is 5.69 Å². The van der Waals surface area contributed by atoms with E-state index >= 15 is 0 Å². The maximum Gasteiger partial charge on any atom is 0.256 e. The Hall–Kier alpha value is -2.82. The third-order valence-corrected chi connectivity index (χ3v) is 6.41. The number of para-hydroxylation sites is 1. The summed E-state index contributed by atoms with van der Waals surface area (Å²) in [6.45, 7) is 4.67. The summed E-state index contributed by atoms with van der Waals surface area (Å²) in [6, 6.07) is 17.8. The highest BCUT2D eigenvalue weighted by molar-refractivity contribution is 6.00. The van der Waals surface area contributed by atoms with E-state index in [1.54, 1.807) is 0 Å². The Kier molecular flexibility index (Phi) is 6.36. The summed E-state index contributed by atoms with van der Waals surface area (Å²) in [6.07, 6.45) is 5.13. The molecule has 2 saturated heterocycles. The van der Waals surface area contributed by atoms with Gasteiger partial charge in [-0.25, -0.2) is 0 Å². The monoisotopic (exact) mass is 405 g/mol. The highest BCUT2D eigenvalue weighted by Gasteiger charge is 2.28. The molecule has 1 atom stereocenters. The summed E-state index contributed by atoms with van der Waals surface area (Å²) in [5.74, 6) is 0.140. The molecule has 0 saturated carbocycles. The minimum Gasteiger partial charge on any atom is -0.371 e. The molecule has 158 valence electrons. The van der Waals surface area contributed by atoms with Gasteiger partial charge in [-0.15, -0.1) is 0 Å².